The van der Waals surface area contributed by atoms with Crippen LogP contribution in [0.2, 0.25) is 0 Å². The average Bonchev–Trinajstić information content (AvgIpc) is 2.66. The van der Waals surface area contributed by atoms with Crippen LogP contribution in [0.5, 0.6) is 5.88 Å². The molecule has 2 rings (SSSR count). The Balaban J connectivity index is 2.18. The van der Waals surface area contributed by atoms with Crippen molar-refractivity contribution in [2.45, 2.75) is 44.3 Å². The van der Waals surface area contributed by atoms with Gasteiger partial charge in [-0.1, -0.05) is 0 Å². The number of alkyl halides is 2. The van der Waals surface area contributed by atoms with E-state index in [1.807, 2.05) is 0 Å². The summed E-state index contributed by atoms with van der Waals surface area (Å²) in [5.41, 5.74) is 0.285. The van der Waals surface area contributed by atoms with Crippen LogP contribution in [-0.4, -0.2) is 62.4 Å². The number of hydrogen-bond acceptors (Lipinski definition) is 6. The number of nitrogens with zero attached hydrogens (tertiary/aromatic N) is 2. The second kappa shape index (κ2) is 9.63. The first-order chi connectivity index (χ1) is 12.4. The fourth-order valence-electron chi connectivity index (χ4n) is 2.84. The van der Waals surface area contributed by atoms with E-state index in [9.17, 15) is 13.6 Å². The molecule has 1 amide bonds. The molecule has 1 N–H and O–H groups in total. The Bertz CT molecular complexity index is 595. The van der Waals surface area contributed by atoms with Gasteiger partial charge in [0, 0.05) is 26.3 Å². The van der Waals surface area contributed by atoms with Crippen molar-refractivity contribution < 1.29 is 27.9 Å². The van der Waals surface area contributed by atoms with E-state index in [0.29, 0.717) is 5.82 Å². The Morgan fingerprint density at radius 1 is 1.31 bits per heavy atom. The maximum absolute atomic E-state index is 12.5. The van der Waals surface area contributed by atoms with Gasteiger partial charge >= 0.3 is 0 Å². The van der Waals surface area contributed by atoms with Crippen LogP contribution in [0.4, 0.5) is 14.6 Å². The zero-order valence-electron chi connectivity index (χ0n) is 15.2. The summed E-state index contributed by atoms with van der Waals surface area (Å²) in [5, 5.41) is 4.32. The van der Waals surface area contributed by atoms with E-state index in [1.54, 1.807) is 7.11 Å². The minimum absolute atomic E-state index is 0.0370. The van der Waals surface area contributed by atoms with Crippen molar-refractivity contribution in [1.82, 2.24) is 10.0 Å². The number of carbonyl (C=O) groups is 1. The third-order valence-corrected chi connectivity index (χ3v) is 4.37. The van der Waals surface area contributed by atoms with Gasteiger partial charge in [0.25, 0.3) is 12.3 Å². The first-order valence-corrected chi connectivity index (χ1v) is 8.48. The highest BCUT2D eigenvalue weighted by molar-refractivity contribution is 5.98. The van der Waals surface area contributed by atoms with E-state index in [-0.39, 0.29) is 23.6 Å². The van der Waals surface area contributed by atoms with Crippen LogP contribution >= 0.6 is 0 Å². The molecule has 7 nitrogen and oxygen atoms in total. The lowest BCUT2D eigenvalue weighted by Crippen LogP contribution is -2.32. The fraction of sp³-hybridized carbons (Fsp3) is 0.647. The number of aromatic nitrogens is 1. The minimum Gasteiger partial charge on any atom is -0.472 e. The van der Waals surface area contributed by atoms with Gasteiger partial charge in [0.15, 0.2) is 6.61 Å². The number of rotatable bonds is 8. The van der Waals surface area contributed by atoms with Gasteiger partial charge in [-0.3, -0.25) is 9.63 Å². The second-order valence-electron chi connectivity index (χ2n) is 6.09. The summed E-state index contributed by atoms with van der Waals surface area (Å²) in [4.78, 5) is 21.6. The van der Waals surface area contributed by atoms with E-state index in [4.69, 9.17) is 14.3 Å². The van der Waals surface area contributed by atoms with Crippen molar-refractivity contribution in [3.05, 3.63) is 17.7 Å². The Hall–Kier alpha value is -2.00. The summed E-state index contributed by atoms with van der Waals surface area (Å²) in [6.07, 6.45) is 1.15. The number of halogens is 2. The monoisotopic (exact) mass is 373 g/mol. The van der Waals surface area contributed by atoms with Crippen LogP contribution in [0.3, 0.4) is 0 Å². The Kier molecular flexibility index (Phi) is 7.52. The number of amides is 1. The lowest BCUT2D eigenvalue weighted by Gasteiger charge is -2.29. The Morgan fingerprint density at radius 2 is 2.00 bits per heavy atom. The van der Waals surface area contributed by atoms with Crippen molar-refractivity contribution in [2.24, 2.45) is 0 Å². The van der Waals surface area contributed by atoms with Gasteiger partial charge in [0.2, 0.25) is 5.88 Å². The average molecular weight is 373 g/mol. The number of hydroxylamine groups is 2. The zero-order valence-corrected chi connectivity index (χ0v) is 15.2. The quantitative estimate of drug-likeness (QED) is 0.707. The molecule has 1 aliphatic carbocycles. The Labute approximate surface area is 151 Å². The SMILES string of the molecule is COC1CCC(Nc2nc(OCC(F)F)ccc2C(=O)N(C)OC)CC1. The summed E-state index contributed by atoms with van der Waals surface area (Å²) in [6.45, 7) is -0.753. The van der Waals surface area contributed by atoms with Crippen molar-refractivity contribution in [3.8, 4) is 5.88 Å². The number of anilines is 1. The molecule has 1 fully saturated rings. The fourth-order valence-corrected chi connectivity index (χ4v) is 2.84. The van der Waals surface area contributed by atoms with E-state index in [2.05, 4.69) is 10.3 Å². The van der Waals surface area contributed by atoms with Gasteiger partial charge in [-0.05, 0) is 31.7 Å². The molecule has 9 heteroatoms. The summed E-state index contributed by atoms with van der Waals surface area (Å²) >= 11 is 0. The molecule has 0 unspecified atom stereocenters. The molecule has 146 valence electrons. The molecule has 0 saturated heterocycles. The minimum atomic E-state index is -2.60. The highest BCUT2D eigenvalue weighted by Gasteiger charge is 2.24. The van der Waals surface area contributed by atoms with Crippen LogP contribution in [0.15, 0.2) is 12.1 Å². The van der Waals surface area contributed by atoms with Gasteiger partial charge in [-0.15, -0.1) is 0 Å². The largest absolute Gasteiger partial charge is 0.472 e. The van der Waals surface area contributed by atoms with E-state index in [1.165, 1.54) is 26.3 Å². The molecule has 1 aromatic rings. The molecular weight excluding hydrogens is 348 g/mol. The molecule has 0 spiro atoms. The van der Waals surface area contributed by atoms with Crippen LogP contribution in [0, 0.1) is 0 Å². The molecular formula is C17H25F2N3O4. The van der Waals surface area contributed by atoms with Gasteiger partial charge in [-0.25, -0.2) is 13.8 Å². The predicted molar refractivity (Wildman–Crippen MR) is 91.5 cm³/mol. The van der Waals surface area contributed by atoms with Gasteiger partial charge in [0.1, 0.15) is 5.82 Å². The van der Waals surface area contributed by atoms with Gasteiger partial charge in [-0.2, -0.15) is 4.98 Å². The third-order valence-electron chi connectivity index (χ3n) is 4.37. The molecule has 1 saturated carbocycles. The first kappa shape index (κ1) is 20.3. The maximum atomic E-state index is 12.5. The molecule has 26 heavy (non-hydrogen) atoms. The lowest BCUT2D eigenvalue weighted by molar-refractivity contribution is -0.0756. The number of carbonyl (C=O) groups excluding carboxylic acids is 1. The predicted octanol–water partition coefficient (Wildman–Crippen LogP) is 2.73. The van der Waals surface area contributed by atoms with Crippen LogP contribution < -0.4 is 10.1 Å². The Morgan fingerprint density at radius 3 is 2.58 bits per heavy atom. The van der Waals surface area contributed by atoms with Crippen LogP contribution in [0.25, 0.3) is 0 Å². The van der Waals surface area contributed by atoms with E-state index < -0.39 is 18.9 Å². The highest BCUT2D eigenvalue weighted by atomic mass is 19.3. The van der Waals surface area contributed by atoms with Crippen molar-refractivity contribution in [1.29, 1.82) is 0 Å². The van der Waals surface area contributed by atoms with Crippen LogP contribution in [-0.2, 0) is 9.57 Å². The highest BCUT2D eigenvalue weighted by Crippen LogP contribution is 2.26. The molecule has 0 aliphatic heterocycles. The summed E-state index contributed by atoms with van der Waals surface area (Å²) in [7, 11) is 4.56. The van der Waals surface area contributed by atoms with Crippen molar-refractivity contribution >= 4 is 11.7 Å². The van der Waals surface area contributed by atoms with Gasteiger partial charge in [0.05, 0.1) is 18.8 Å². The number of pyridine rings is 1. The topological polar surface area (TPSA) is 72.9 Å². The maximum Gasteiger partial charge on any atom is 0.280 e. The number of hydrogen-bond donors (Lipinski definition) is 1. The molecule has 1 aliphatic rings. The van der Waals surface area contributed by atoms with Crippen molar-refractivity contribution in [3.63, 3.8) is 0 Å². The zero-order chi connectivity index (χ0) is 19.1. The molecule has 0 aromatic carbocycles. The molecule has 1 aromatic heterocycles. The summed E-state index contributed by atoms with van der Waals surface area (Å²) < 4.78 is 35.1. The van der Waals surface area contributed by atoms with Crippen LogP contribution in [0.1, 0.15) is 36.0 Å². The summed E-state index contributed by atoms with van der Waals surface area (Å²) in [6, 6.07) is 3.00. The van der Waals surface area contributed by atoms with E-state index in [0.717, 1.165) is 30.7 Å². The van der Waals surface area contributed by atoms with Gasteiger partial charge < -0.3 is 14.8 Å². The van der Waals surface area contributed by atoms with E-state index >= 15 is 0 Å². The second-order valence-corrected chi connectivity index (χ2v) is 6.09. The molecule has 0 atom stereocenters. The number of ether oxygens (including phenoxy) is 2. The number of nitrogens with one attached hydrogen (secondary N) is 1. The standard InChI is InChI=1S/C17H25F2N3O4/c1-22(25-3)17(23)13-8-9-15(26-10-14(18)19)21-16(13)20-11-4-6-12(24-2)7-5-11/h8-9,11-12,14H,4-7,10H2,1-3H3,(H,20,21). The first-order valence-electron chi connectivity index (χ1n) is 8.48. The summed E-state index contributed by atoms with van der Waals surface area (Å²) in [5.74, 6) is -0.0602. The normalized spacial score (nSPS) is 20.1. The molecule has 1 heterocycles. The molecule has 0 radical (unpaired) electrons. The smallest absolute Gasteiger partial charge is 0.280 e. The van der Waals surface area contributed by atoms with Crippen molar-refractivity contribution in [2.75, 3.05) is 33.2 Å². The third kappa shape index (κ3) is 5.50. The molecule has 0 bridgehead atoms. The number of methoxy groups -OCH3 is 1. The lowest BCUT2D eigenvalue weighted by atomic mass is 9.93.